The van der Waals surface area contributed by atoms with Crippen molar-refractivity contribution in [3.8, 4) is 11.5 Å². The van der Waals surface area contributed by atoms with Crippen molar-refractivity contribution in [2.24, 2.45) is 0 Å². The Morgan fingerprint density at radius 1 is 1.00 bits per heavy atom. The summed E-state index contributed by atoms with van der Waals surface area (Å²) in [7, 11) is 0. The Morgan fingerprint density at radius 2 is 1.68 bits per heavy atom. The molecule has 4 rings (SSSR count). The van der Waals surface area contributed by atoms with Crippen LogP contribution in [0, 0.1) is 0 Å². The van der Waals surface area contributed by atoms with Crippen LogP contribution in [0.25, 0.3) is 22.9 Å². The van der Waals surface area contributed by atoms with Crippen LogP contribution in [0.15, 0.2) is 48.7 Å². The zero-order chi connectivity index (χ0) is 19.0. The highest BCUT2D eigenvalue weighted by Gasteiger charge is 2.29. The molecule has 0 atom stereocenters. The number of aryl methyl sites for hydroxylation is 1. The smallest absolute Gasteiger partial charge is 0.416 e. The van der Waals surface area contributed by atoms with Gasteiger partial charge in [-0.05, 0) is 48.2 Å². The molecule has 2 aromatic carbocycles. The van der Waals surface area contributed by atoms with Crippen LogP contribution in [0.3, 0.4) is 0 Å². The van der Waals surface area contributed by atoms with E-state index in [4.69, 9.17) is 9.47 Å². The fourth-order valence-electron chi connectivity index (χ4n) is 3.14. The molecular formula is C21H17F3INO2. The van der Waals surface area contributed by atoms with Crippen molar-refractivity contribution in [2.45, 2.75) is 19.6 Å². The van der Waals surface area contributed by atoms with E-state index in [1.807, 2.05) is 43.5 Å². The molecular weight excluding hydrogens is 482 g/mol. The van der Waals surface area contributed by atoms with Gasteiger partial charge in [-0.2, -0.15) is 17.7 Å². The molecule has 0 aliphatic carbocycles. The first kappa shape index (κ1) is 20.4. The number of fused-ring (bicyclic) bond motifs is 2. The Bertz CT molecular complexity index is 1030. The van der Waals surface area contributed by atoms with Gasteiger partial charge in [-0.1, -0.05) is 12.1 Å². The summed E-state index contributed by atoms with van der Waals surface area (Å²) in [6, 6.07) is 11.0. The first-order chi connectivity index (χ1) is 13.0. The van der Waals surface area contributed by atoms with Crippen molar-refractivity contribution in [1.29, 1.82) is 0 Å². The molecule has 0 saturated carbocycles. The third-order valence-corrected chi connectivity index (χ3v) is 4.58. The summed E-state index contributed by atoms with van der Waals surface area (Å²) in [5.41, 5.74) is 0.998. The van der Waals surface area contributed by atoms with E-state index in [9.17, 15) is 13.2 Å². The van der Waals surface area contributed by atoms with Crippen molar-refractivity contribution in [3.05, 3.63) is 65.5 Å². The van der Waals surface area contributed by atoms with Gasteiger partial charge in [0.05, 0.1) is 10.9 Å². The van der Waals surface area contributed by atoms with E-state index in [0.29, 0.717) is 11.3 Å². The maximum absolute atomic E-state index is 12.7. The molecule has 3 nitrogen and oxygen atoms in total. The van der Waals surface area contributed by atoms with Crippen LogP contribution in [0.2, 0.25) is 0 Å². The fourth-order valence-corrected chi connectivity index (χ4v) is 3.14. The van der Waals surface area contributed by atoms with Crippen LogP contribution < -0.4 is 38.0 Å². The Hall–Kier alpha value is -2.29. The number of benzene rings is 2. The van der Waals surface area contributed by atoms with Gasteiger partial charge < -0.3 is 33.5 Å². The average Bonchev–Trinajstić information content (AvgIpc) is 3.11. The van der Waals surface area contributed by atoms with Gasteiger partial charge >= 0.3 is 6.18 Å². The SMILES string of the molecule is CC[n+]1ccc2cc3c(cc2c1C=Cc1ccc(C(F)(F)F)cc1)OCO3.[I-]. The van der Waals surface area contributed by atoms with E-state index < -0.39 is 11.7 Å². The highest BCUT2D eigenvalue weighted by Crippen LogP contribution is 2.37. The molecule has 1 aromatic heterocycles. The van der Waals surface area contributed by atoms with Crippen molar-refractivity contribution in [1.82, 2.24) is 0 Å². The lowest BCUT2D eigenvalue weighted by Gasteiger charge is -2.06. The molecule has 0 bridgehead atoms. The molecule has 146 valence electrons. The zero-order valence-electron chi connectivity index (χ0n) is 15.0. The summed E-state index contributed by atoms with van der Waals surface area (Å²) in [5, 5.41) is 2.00. The van der Waals surface area contributed by atoms with E-state index in [-0.39, 0.29) is 30.8 Å². The lowest BCUT2D eigenvalue weighted by molar-refractivity contribution is -0.693. The Morgan fingerprint density at radius 3 is 2.32 bits per heavy atom. The van der Waals surface area contributed by atoms with Crippen LogP contribution in [-0.4, -0.2) is 6.79 Å². The highest BCUT2D eigenvalue weighted by molar-refractivity contribution is 5.92. The second-order valence-electron chi connectivity index (χ2n) is 6.23. The molecule has 28 heavy (non-hydrogen) atoms. The number of alkyl halides is 3. The maximum Gasteiger partial charge on any atom is 0.416 e. The van der Waals surface area contributed by atoms with Crippen LogP contribution in [0.1, 0.15) is 23.7 Å². The standard InChI is InChI=1S/C21H17F3NO2.HI/c1-2-25-10-9-15-11-19-20(27-13-26-19)12-17(15)18(25)8-5-14-3-6-16(7-4-14)21(22,23)24;/h3-12H,2,13H2,1H3;1H/q+1;/p-1. The summed E-state index contributed by atoms with van der Waals surface area (Å²) in [5.74, 6) is 1.41. The Labute approximate surface area is 177 Å². The summed E-state index contributed by atoms with van der Waals surface area (Å²) in [4.78, 5) is 0. The van der Waals surface area contributed by atoms with Crippen molar-refractivity contribution < 1.29 is 51.2 Å². The number of hydrogen-bond donors (Lipinski definition) is 0. The molecule has 0 amide bonds. The second-order valence-corrected chi connectivity index (χ2v) is 6.23. The van der Waals surface area contributed by atoms with Crippen LogP contribution >= 0.6 is 0 Å². The number of rotatable bonds is 3. The molecule has 7 heteroatoms. The van der Waals surface area contributed by atoms with E-state index in [0.717, 1.165) is 40.9 Å². The van der Waals surface area contributed by atoms with Gasteiger partial charge in [0.1, 0.15) is 6.54 Å². The predicted octanol–water partition coefficient (Wildman–Crippen LogP) is 2.07. The van der Waals surface area contributed by atoms with Gasteiger partial charge in [-0.3, -0.25) is 0 Å². The van der Waals surface area contributed by atoms with E-state index in [1.54, 1.807) is 0 Å². The molecule has 0 saturated heterocycles. The number of aromatic nitrogens is 1. The molecule has 0 spiro atoms. The molecule has 1 aliphatic rings. The third-order valence-electron chi connectivity index (χ3n) is 4.58. The Balaban J connectivity index is 0.00000225. The van der Waals surface area contributed by atoms with Gasteiger partial charge in [0, 0.05) is 12.1 Å². The first-order valence-electron chi connectivity index (χ1n) is 8.57. The van der Waals surface area contributed by atoms with Gasteiger partial charge in [0.15, 0.2) is 17.7 Å². The van der Waals surface area contributed by atoms with Crippen molar-refractivity contribution in [2.75, 3.05) is 6.79 Å². The summed E-state index contributed by atoms with van der Waals surface area (Å²) >= 11 is 0. The van der Waals surface area contributed by atoms with E-state index in [1.165, 1.54) is 12.1 Å². The van der Waals surface area contributed by atoms with Crippen molar-refractivity contribution in [3.63, 3.8) is 0 Å². The largest absolute Gasteiger partial charge is 1.00 e. The number of halogens is 4. The number of nitrogens with zero attached hydrogens (tertiary/aromatic N) is 1. The summed E-state index contributed by atoms with van der Waals surface area (Å²) in [6.07, 6.45) is 1.38. The molecule has 3 aromatic rings. The van der Waals surface area contributed by atoms with E-state index in [2.05, 4.69) is 4.57 Å². The molecule has 1 aliphatic heterocycles. The first-order valence-corrected chi connectivity index (χ1v) is 8.57. The van der Waals surface area contributed by atoms with Gasteiger partial charge in [-0.15, -0.1) is 0 Å². The number of pyridine rings is 1. The molecule has 0 radical (unpaired) electrons. The predicted molar refractivity (Wildman–Crippen MR) is 96.3 cm³/mol. The summed E-state index contributed by atoms with van der Waals surface area (Å²) < 4.78 is 51.1. The van der Waals surface area contributed by atoms with E-state index >= 15 is 0 Å². The third kappa shape index (κ3) is 3.94. The minimum atomic E-state index is -4.33. The topological polar surface area (TPSA) is 22.3 Å². The minimum absolute atomic E-state index is 0. The van der Waals surface area contributed by atoms with Crippen molar-refractivity contribution >= 4 is 22.9 Å². The highest BCUT2D eigenvalue weighted by atomic mass is 127. The lowest BCUT2D eigenvalue weighted by Crippen LogP contribution is -3.00. The van der Waals surface area contributed by atoms with Gasteiger partial charge in [0.2, 0.25) is 12.5 Å². The lowest BCUT2D eigenvalue weighted by atomic mass is 10.1. The fraction of sp³-hybridized carbons (Fsp3) is 0.190. The maximum atomic E-state index is 12.7. The molecule has 0 fully saturated rings. The Kier molecular flexibility index (Phi) is 5.83. The van der Waals surface area contributed by atoms with Gasteiger partial charge in [-0.25, -0.2) is 0 Å². The normalized spacial score (nSPS) is 13.1. The molecule has 2 heterocycles. The average molecular weight is 499 g/mol. The monoisotopic (exact) mass is 499 g/mol. The molecule has 0 unspecified atom stereocenters. The second kappa shape index (κ2) is 7.98. The number of ether oxygens (including phenoxy) is 2. The summed E-state index contributed by atoms with van der Waals surface area (Å²) in [6.45, 7) is 3.00. The van der Waals surface area contributed by atoms with Gasteiger partial charge in [0.25, 0.3) is 0 Å². The van der Waals surface area contributed by atoms with Crippen LogP contribution in [-0.2, 0) is 12.7 Å². The van der Waals surface area contributed by atoms with Crippen LogP contribution in [0.4, 0.5) is 13.2 Å². The zero-order valence-corrected chi connectivity index (χ0v) is 17.1. The number of hydrogen-bond acceptors (Lipinski definition) is 2. The molecule has 0 N–H and O–H groups in total. The van der Waals surface area contributed by atoms with Crippen LogP contribution in [0.5, 0.6) is 11.5 Å². The quantitative estimate of drug-likeness (QED) is 0.407. The minimum Gasteiger partial charge on any atom is -1.00 e.